The molecule has 1 saturated heterocycles. The van der Waals surface area contributed by atoms with E-state index >= 15 is 0 Å². The summed E-state index contributed by atoms with van der Waals surface area (Å²) in [5.74, 6) is 0.420. The van der Waals surface area contributed by atoms with E-state index in [1.807, 2.05) is 0 Å². The van der Waals surface area contributed by atoms with Crippen molar-refractivity contribution in [1.29, 1.82) is 0 Å². The monoisotopic (exact) mass is 275 g/mol. The molecular weight excluding hydrogens is 258 g/mol. The zero-order valence-corrected chi connectivity index (χ0v) is 11.6. The average molecular weight is 275 g/mol. The SMILES string of the molecule is Cc1nc(N)sc1S(=O)(=O)N1CCCC(C)C1. The number of nitrogens with zero attached hydrogens (tertiary/aromatic N) is 2. The van der Waals surface area contributed by atoms with Gasteiger partial charge in [0.05, 0.1) is 5.69 Å². The van der Waals surface area contributed by atoms with E-state index in [9.17, 15) is 8.42 Å². The second-order valence-corrected chi connectivity index (χ2v) is 7.70. The van der Waals surface area contributed by atoms with Crippen molar-refractivity contribution in [3.05, 3.63) is 5.69 Å². The lowest BCUT2D eigenvalue weighted by molar-refractivity contribution is 0.281. The van der Waals surface area contributed by atoms with E-state index in [1.54, 1.807) is 11.2 Å². The molecule has 1 fully saturated rings. The van der Waals surface area contributed by atoms with Crippen LogP contribution in [0, 0.1) is 12.8 Å². The second-order valence-electron chi connectivity index (χ2n) is 4.54. The van der Waals surface area contributed by atoms with E-state index in [-0.39, 0.29) is 0 Å². The maximum atomic E-state index is 12.4. The summed E-state index contributed by atoms with van der Waals surface area (Å²) in [6.45, 7) is 4.96. The number of piperidine rings is 1. The van der Waals surface area contributed by atoms with E-state index in [0.717, 1.165) is 24.2 Å². The zero-order valence-electron chi connectivity index (χ0n) is 10.0. The van der Waals surface area contributed by atoms with Crippen molar-refractivity contribution < 1.29 is 8.42 Å². The minimum atomic E-state index is -3.40. The van der Waals surface area contributed by atoms with Crippen molar-refractivity contribution >= 4 is 26.5 Å². The summed E-state index contributed by atoms with van der Waals surface area (Å²) in [6.07, 6.45) is 2.02. The van der Waals surface area contributed by atoms with Crippen LogP contribution in [0.2, 0.25) is 0 Å². The normalized spacial score (nSPS) is 22.8. The van der Waals surface area contributed by atoms with E-state index in [2.05, 4.69) is 11.9 Å². The van der Waals surface area contributed by atoms with Crippen LogP contribution in [0.5, 0.6) is 0 Å². The fraction of sp³-hybridized carbons (Fsp3) is 0.700. The van der Waals surface area contributed by atoms with E-state index in [4.69, 9.17) is 5.73 Å². The van der Waals surface area contributed by atoms with Crippen LogP contribution >= 0.6 is 11.3 Å². The van der Waals surface area contributed by atoms with Gasteiger partial charge in [0.1, 0.15) is 0 Å². The molecule has 7 heteroatoms. The molecule has 0 bridgehead atoms. The van der Waals surface area contributed by atoms with Gasteiger partial charge in [0.15, 0.2) is 9.34 Å². The van der Waals surface area contributed by atoms with Crippen molar-refractivity contribution in [2.45, 2.75) is 30.9 Å². The van der Waals surface area contributed by atoms with Gasteiger partial charge in [-0.15, -0.1) is 0 Å². The number of thiazole rings is 1. The Kier molecular flexibility index (Phi) is 3.42. The number of nitrogen functional groups attached to an aromatic ring is 1. The highest BCUT2D eigenvalue weighted by Crippen LogP contribution is 2.30. The molecule has 17 heavy (non-hydrogen) atoms. The van der Waals surface area contributed by atoms with Crippen LogP contribution < -0.4 is 5.73 Å². The summed E-state index contributed by atoms with van der Waals surface area (Å²) in [5.41, 5.74) is 6.06. The van der Waals surface area contributed by atoms with Crippen molar-refractivity contribution in [3.63, 3.8) is 0 Å². The topological polar surface area (TPSA) is 76.3 Å². The minimum Gasteiger partial charge on any atom is -0.375 e. The van der Waals surface area contributed by atoms with Gasteiger partial charge < -0.3 is 5.73 Å². The van der Waals surface area contributed by atoms with Gasteiger partial charge in [-0.1, -0.05) is 18.3 Å². The Hall–Kier alpha value is -0.660. The van der Waals surface area contributed by atoms with E-state index in [0.29, 0.717) is 34.0 Å². The Balaban J connectivity index is 2.33. The maximum absolute atomic E-state index is 12.4. The third-order valence-corrected chi connectivity index (χ3v) is 6.40. The summed E-state index contributed by atoms with van der Waals surface area (Å²) in [7, 11) is -3.40. The number of nitrogens with two attached hydrogens (primary N) is 1. The molecule has 0 radical (unpaired) electrons. The maximum Gasteiger partial charge on any atom is 0.254 e. The Morgan fingerprint density at radius 2 is 2.24 bits per heavy atom. The molecule has 1 aliphatic heterocycles. The average Bonchev–Trinajstić information content (AvgIpc) is 2.58. The van der Waals surface area contributed by atoms with Crippen LogP contribution in [0.4, 0.5) is 5.13 Å². The van der Waals surface area contributed by atoms with E-state index in [1.165, 1.54) is 0 Å². The van der Waals surface area contributed by atoms with Crippen LogP contribution in [0.3, 0.4) is 0 Å². The molecule has 2 rings (SSSR count). The third kappa shape index (κ3) is 2.46. The fourth-order valence-corrected chi connectivity index (χ4v) is 5.16. The lowest BCUT2D eigenvalue weighted by Gasteiger charge is -2.29. The molecule has 0 amide bonds. The van der Waals surface area contributed by atoms with E-state index < -0.39 is 10.0 Å². The molecular formula is C10H17N3O2S2. The highest BCUT2D eigenvalue weighted by Gasteiger charge is 2.31. The summed E-state index contributed by atoms with van der Waals surface area (Å²) in [5, 5.41) is 0.311. The summed E-state index contributed by atoms with van der Waals surface area (Å²) >= 11 is 1.05. The Bertz CT molecular complexity index is 510. The second kappa shape index (κ2) is 4.55. The largest absolute Gasteiger partial charge is 0.375 e. The number of hydrogen-bond acceptors (Lipinski definition) is 5. The molecule has 0 spiro atoms. The fourth-order valence-electron chi connectivity index (χ4n) is 2.12. The Labute approximate surface area is 106 Å². The molecule has 2 heterocycles. The first kappa shape index (κ1) is 12.8. The summed E-state index contributed by atoms with van der Waals surface area (Å²) in [6, 6.07) is 0. The molecule has 2 N–H and O–H groups in total. The van der Waals surface area contributed by atoms with Crippen molar-refractivity contribution in [3.8, 4) is 0 Å². The first-order chi connectivity index (χ1) is 7.91. The van der Waals surface area contributed by atoms with Crippen molar-refractivity contribution in [2.75, 3.05) is 18.8 Å². The number of aryl methyl sites for hydroxylation is 1. The predicted molar refractivity (Wildman–Crippen MR) is 68.4 cm³/mol. The van der Waals surface area contributed by atoms with Gasteiger partial charge in [-0.25, -0.2) is 13.4 Å². The molecule has 1 atom stereocenters. The van der Waals surface area contributed by atoms with Gasteiger partial charge in [0.2, 0.25) is 0 Å². The first-order valence-electron chi connectivity index (χ1n) is 5.64. The zero-order chi connectivity index (χ0) is 12.6. The smallest absolute Gasteiger partial charge is 0.254 e. The van der Waals surface area contributed by atoms with Gasteiger partial charge in [-0.2, -0.15) is 4.31 Å². The van der Waals surface area contributed by atoms with Gasteiger partial charge >= 0.3 is 0 Å². The van der Waals surface area contributed by atoms with Gasteiger partial charge in [-0.3, -0.25) is 0 Å². The van der Waals surface area contributed by atoms with Crippen LogP contribution in [0.25, 0.3) is 0 Å². The molecule has 96 valence electrons. The molecule has 1 aromatic heterocycles. The molecule has 0 aromatic carbocycles. The highest BCUT2D eigenvalue weighted by molar-refractivity contribution is 7.91. The lowest BCUT2D eigenvalue weighted by atomic mass is 10.0. The minimum absolute atomic E-state index is 0.295. The van der Waals surface area contributed by atoms with Gasteiger partial charge in [0.25, 0.3) is 10.0 Å². The van der Waals surface area contributed by atoms with Crippen LogP contribution in [-0.4, -0.2) is 30.8 Å². The molecule has 1 aromatic rings. The molecule has 1 aliphatic rings. The number of anilines is 1. The lowest BCUT2D eigenvalue weighted by Crippen LogP contribution is -2.38. The van der Waals surface area contributed by atoms with Gasteiger partial charge in [-0.05, 0) is 25.7 Å². The third-order valence-electron chi connectivity index (χ3n) is 2.96. The highest BCUT2D eigenvalue weighted by atomic mass is 32.2. The van der Waals surface area contributed by atoms with Gasteiger partial charge in [0, 0.05) is 13.1 Å². The first-order valence-corrected chi connectivity index (χ1v) is 7.90. The molecule has 0 aliphatic carbocycles. The number of sulfonamides is 1. The predicted octanol–water partition coefficient (Wildman–Crippen LogP) is 1.45. The summed E-state index contributed by atoms with van der Waals surface area (Å²) in [4.78, 5) is 3.98. The number of hydrogen-bond donors (Lipinski definition) is 1. The number of rotatable bonds is 2. The van der Waals surface area contributed by atoms with Crippen molar-refractivity contribution in [1.82, 2.24) is 9.29 Å². The molecule has 1 unspecified atom stereocenters. The van der Waals surface area contributed by atoms with Crippen LogP contribution in [-0.2, 0) is 10.0 Å². The quantitative estimate of drug-likeness (QED) is 0.886. The Morgan fingerprint density at radius 3 is 2.76 bits per heavy atom. The standard InChI is InChI=1S/C10H17N3O2S2/c1-7-4-3-5-13(6-7)17(14,15)9-8(2)12-10(11)16-9/h7H,3-6H2,1-2H3,(H2,11,12). The van der Waals surface area contributed by atoms with Crippen molar-refractivity contribution in [2.24, 2.45) is 5.92 Å². The molecule has 0 saturated carbocycles. The van der Waals surface area contributed by atoms with Crippen LogP contribution in [0.1, 0.15) is 25.5 Å². The molecule has 5 nitrogen and oxygen atoms in total. The Morgan fingerprint density at radius 1 is 1.53 bits per heavy atom. The number of aromatic nitrogens is 1. The van der Waals surface area contributed by atoms with Crippen LogP contribution in [0.15, 0.2) is 4.21 Å². The summed E-state index contributed by atoms with van der Waals surface area (Å²) < 4.78 is 26.7.